The molecule has 0 saturated heterocycles. The van der Waals surface area contributed by atoms with Crippen LogP contribution in [0.2, 0.25) is 0 Å². The van der Waals surface area contributed by atoms with Gasteiger partial charge in [0.25, 0.3) is 0 Å². The van der Waals surface area contributed by atoms with E-state index in [-0.39, 0.29) is 16.4 Å². The van der Waals surface area contributed by atoms with E-state index in [1.165, 1.54) is 19.8 Å². The molecule has 3 aromatic rings. The maximum Gasteiger partial charge on any atom is 0.337 e. The minimum Gasteiger partial charge on any atom is -0.465 e. The number of carbonyl (C=O) groups excluding carboxylic acids is 1. The minimum absolute atomic E-state index is 0.208. The van der Waals surface area contributed by atoms with Crippen LogP contribution in [0, 0.1) is 11.3 Å². The van der Waals surface area contributed by atoms with Crippen molar-refractivity contribution in [3.8, 4) is 0 Å². The first kappa shape index (κ1) is 23.3. The van der Waals surface area contributed by atoms with Gasteiger partial charge in [-0.1, -0.05) is 20.8 Å². The molecular weight excluding hydrogens is 438 g/mol. The number of hydrogen-bond acceptors (Lipinski definition) is 6. The summed E-state index contributed by atoms with van der Waals surface area (Å²) in [6.45, 7) is 6.90. The largest absolute Gasteiger partial charge is 0.465 e. The van der Waals surface area contributed by atoms with Crippen LogP contribution in [0.1, 0.15) is 56.4 Å². The molecule has 1 unspecified atom stereocenters. The topological polar surface area (TPSA) is 90.3 Å². The van der Waals surface area contributed by atoms with E-state index < -0.39 is 15.8 Å². The fraction of sp³-hybridized carbons (Fsp3) is 0.440. The van der Waals surface area contributed by atoms with Crippen molar-refractivity contribution in [3.63, 3.8) is 0 Å². The van der Waals surface area contributed by atoms with Gasteiger partial charge in [0.15, 0.2) is 9.84 Å². The Bertz CT molecular complexity index is 1290. The minimum atomic E-state index is -3.27. The molecule has 1 aliphatic carbocycles. The first-order valence-electron chi connectivity index (χ1n) is 11.1. The van der Waals surface area contributed by atoms with Crippen molar-refractivity contribution >= 4 is 38.5 Å². The quantitative estimate of drug-likeness (QED) is 0.506. The normalized spacial score (nSPS) is 20.5. The zero-order valence-electron chi connectivity index (χ0n) is 19.8. The highest BCUT2D eigenvalue weighted by atomic mass is 32.2. The zero-order valence-corrected chi connectivity index (χ0v) is 20.6. The van der Waals surface area contributed by atoms with Crippen LogP contribution >= 0.6 is 0 Å². The number of methoxy groups -OCH3 is 1. The second-order valence-electron chi connectivity index (χ2n) is 9.99. The highest BCUT2D eigenvalue weighted by Crippen LogP contribution is 2.46. The number of fused-ring (bicyclic) bond motifs is 1. The van der Waals surface area contributed by atoms with E-state index in [2.05, 4.69) is 30.7 Å². The number of ether oxygens (including phenoxy) is 1. The number of carbonyl (C=O) groups is 1. The van der Waals surface area contributed by atoms with Gasteiger partial charge in [0, 0.05) is 18.0 Å². The van der Waals surface area contributed by atoms with Crippen LogP contribution < -0.4 is 5.32 Å². The van der Waals surface area contributed by atoms with Crippen LogP contribution in [0.25, 0.3) is 11.0 Å². The molecule has 0 spiro atoms. The number of esters is 1. The van der Waals surface area contributed by atoms with E-state index in [0.29, 0.717) is 22.9 Å². The Morgan fingerprint density at radius 3 is 2.45 bits per heavy atom. The van der Waals surface area contributed by atoms with E-state index >= 15 is 0 Å². The maximum atomic E-state index is 12.1. The summed E-state index contributed by atoms with van der Waals surface area (Å²) in [5.74, 6) is 0.853. The Hall–Kier alpha value is -2.87. The monoisotopic (exact) mass is 469 g/mol. The number of hydrogen-bond donors (Lipinski definition) is 1. The lowest BCUT2D eigenvalue weighted by Gasteiger charge is -2.40. The summed E-state index contributed by atoms with van der Waals surface area (Å²) in [6, 6.07) is 12.4. The Balaban J connectivity index is 1.79. The van der Waals surface area contributed by atoms with E-state index in [1.807, 2.05) is 6.07 Å². The third kappa shape index (κ3) is 4.90. The Morgan fingerprint density at radius 1 is 1.15 bits per heavy atom. The van der Waals surface area contributed by atoms with Crippen LogP contribution in [0.15, 0.2) is 47.4 Å². The molecule has 1 heterocycles. The fourth-order valence-corrected chi connectivity index (χ4v) is 5.84. The standard InChI is InChI=1S/C25H31N3O4S/c1-16-12-19(15-25(2,3)14-16)28-22-11-6-17(23(29)32-4)13-21(22)27-24(28)26-18-7-9-20(10-8-18)33(5,30)31/h6-11,13,16,19H,12,14-15H2,1-5H3,(H,26,27)/t16?,19-/m0/s1. The summed E-state index contributed by atoms with van der Waals surface area (Å²) in [4.78, 5) is 17.2. The van der Waals surface area contributed by atoms with Crippen molar-refractivity contribution in [3.05, 3.63) is 48.0 Å². The Kier molecular flexibility index (Phi) is 5.99. The van der Waals surface area contributed by atoms with Gasteiger partial charge in [-0.15, -0.1) is 0 Å². The van der Waals surface area contributed by atoms with Crippen LogP contribution in [-0.2, 0) is 14.6 Å². The maximum absolute atomic E-state index is 12.1. The van der Waals surface area contributed by atoms with Crippen molar-refractivity contribution in [2.24, 2.45) is 11.3 Å². The van der Waals surface area contributed by atoms with E-state index in [4.69, 9.17) is 9.72 Å². The van der Waals surface area contributed by atoms with Crippen molar-refractivity contribution in [2.75, 3.05) is 18.7 Å². The van der Waals surface area contributed by atoms with Gasteiger partial charge in [-0.2, -0.15) is 0 Å². The van der Waals surface area contributed by atoms with Gasteiger partial charge in [-0.3, -0.25) is 0 Å². The average molecular weight is 470 g/mol. The van der Waals surface area contributed by atoms with Crippen LogP contribution in [0.4, 0.5) is 11.6 Å². The van der Waals surface area contributed by atoms with Crippen LogP contribution in [0.3, 0.4) is 0 Å². The Labute approximate surface area is 195 Å². The highest BCUT2D eigenvalue weighted by molar-refractivity contribution is 7.90. The van der Waals surface area contributed by atoms with Crippen LogP contribution in [0.5, 0.6) is 0 Å². The number of anilines is 2. The molecule has 4 rings (SSSR count). The summed E-state index contributed by atoms with van der Waals surface area (Å²) in [6.07, 6.45) is 4.43. The summed E-state index contributed by atoms with van der Waals surface area (Å²) in [5, 5.41) is 3.38. The number of rotatable bonds is 5. The smallest absolute Gasteiger partial charge is 0.337 e. The zero-order chi connectivity index (χ0) is 24.0. The van der Waals surface area contributed by atoms with Crippen molar-refractivity contribution in [1.29, 1.82) is 0 Å². The molecule has 33 heavy (non-hydrogen) atoms. The number of imidazole rings is 1. The summed E-state index contributed by atoms with van der Waals surface area (Å²) in [7, 11) is -1.90. The van der Waals surface area contributed by atoms with Gasteiger partial charge >= 0.3 is 5.97 Å². The first-order valence-corrected chi connectivity index (χ1v) is 13.0. The molecule has 7 nitrogen and oxygen atoms in total. The third-order valence-corrected chi connectivity index (χ3v) is 7.51. The molecule has 1 aliphatic rings. The van der Waals surface area contributed by atoms with Crippen molar-refractivity contribution < 1.29 is 17.9 Å². The van der Waals surface area contributed by atoms with Gasteiger partial charge in [-0.25, -0.2) is 18.2 Å². The predicted molar refractivity (Wildman–Crippen MR) is 130 cm³/mol. The number of sulfone groups is 1. The number of aromatic nitrogens is 2. The molecule has 176 valence electrons. The lowest BCUT2D eigenvalue weighted by Crippen LogP contribution is -2.29. The molecule has 0 amide bonds. The molecule has 8 heteroatoms. The van der Waals surface area contributed by atoms with Crippen LogP contribution in [-0.4, -0.2) is 37.3 Å². The molecule has 2 aromatic carbocycles. The third-order valence-electron chi connectivity index (χ3n) is 6.38. The number of nitrogens with one attached hydrogen (secondary N) is 1. The molecule has 0 bridgehead atoms. The van der Waals surface area contributed by atoms with Crippen molar-refractivity contribution in [2.45, 2.75) is 51.0 Å². The lowest BCUT2D eigenvalue weighted by atomic mass is 9.70. The fourth-order valence-electron chi connectivity index (χ4n) is 5.21. The van der Waals surface area contributed by atoms with E-state index in [9.17, 15) is 13.2 Å². The second kappa shape index (κ2) is 8.48. The van der Waals surface area contributed by atoms with E-state index in [0.717, 1.165) is 24.0 Å². The lowest BCUT2D eigenvalue weighted by molar-refractivity contribution is 0.0601. The van der Waals surface area contributed by atoms with E-state index in [1.54, 1.807) is 36.4 Å². The van der Waals surface area contributed by atoms with Gasteiger partial charge in [0.1, 0.15) is 0 Å². The molecule has 1 fully saturated rings. The first-order chi connectivity index (χ1) is 15.5. The average Bonchev–Trinajstić information content (AvgIpc) is 3.08. The van der Waals surface area contributed by atoms with Gasteiger partial charge < -0.3 is 14.6 Å². The predicted octanol–water partition coefficient (Wildman–Crippen LogP) is 5.36. The summed E-state index contributed by atoms with van der Waals surface area (Å²) < 4.78 is 30.7. The second-order valence-corrected chi connectivity index (χ2v) is 12.0. The SMILES string of the molecule is COC(=O)c1ccc2c(c1)nc(Nc1ccc(S(C)(=O)=O)cc1)n2[C@H]1CC(C)CC(C)(C)C1. The summed E-state index contributed by atoms with van der Waals surface area (Å²) >= 11 is 0. The van der Waals surface area contributed by atoms with Gasteiger partial charge in [0.05, 0.1) is 28.6 Å². The Morgan fingerprint density at radius 2 is 1.85 bits per heavy atom. The summed E-state index contributed by atoms with van der Waals surface area (Å²) in [5.41, 5.74) is 3.07. The molecule has 1 N–H and O–H groups in total. The number of nitrogens with zero attached hydrogens (tertiary/aromatic N) is 2. The van der Waals surface area contributed by atoms with Gasteiger partial charge in [0.2, 0.25) is 5.95 Å². The highest BCUT2D eigenvalue weighted by Gasteiger charge is 2.34. The molecule has 2 atom stereocenters. The molecule has 1 aromatic heterocycles. The van der Waals surface area contributed by atoms with Crippen molar-refractivity contribution in [1.82, 2.24) is 9.55 Å². The molecule has 0 aliphatic heterocycles. The number of benzene rings is 2. The molecule has 0 radical (unpaired) electrons. The molecule has 1 saturated carbocycles. The van der Waals surface area contributed by atoms with Gasteiger partial charge in [-0.05, 0) is 73.1 Å². The molecular formula is C25H31N3O4S.